The molecule has 0 rings (SSSR count). The highest BCUT2D eigenvalue weighted by atomic mass is 15.2. The van der Waals surface area contributed by atoms with Crippen LogP contribution in [0.5, 0.6) is 0 Å². The van der Waals surface area contributed by atoms with Crippen molar-refractivity contribution in [3.05, 3.63) is 0 Å². The first-order valence-electron chi connectivity index (χ1n) is 5.70. The lowest BCUT2D eigenvalue weighted by atomic mass is 9.87. The number of nitrogens with zero attached hydrogens (tertiary/aromatic N) is 1. The first-order chi connectivity index (χ1) is 6.32. The summed E-state index contributed by atoms with van der Waals surface area (Å²) in [5.41, 5.74) is 0.362. The molecule has 0 aliphatic carbocycles. The van der Waals surface area contributed by atoms with Gasteiger partial charge in [-0.2, -0.15) is 0 Å². The summed E-state index contributed by atoms with van der Waals surface area (Å²) in [7, 11) is 4.26. The molecule has 2 atom stereocenters. The van der Waals surface area contributed by atoms with Crippen LogP contribution >= 0.6 is 0 Å². The normalized spacial score (nSPS) is 17.1. The van der Waals surface area contributed by atoms with Gasteiger partial charge in [0.15, 0.2) is 0 Å². The zero-order valence-corrected chi connectivity index (χ0v) is 11.0. The molecule has 0 saturated carbocycles. The molecule has 0 radical (unpaired) electrons. The van der Waals surface area contributed by atoms with Gasteiger partial charge < -0.3 is 10.2 Å². The summed E-state index contributed by atoms with van der Waals surface area (Å²) < 4.78 is 0. The summed E-state index contributed by atoms with van der Waals surface area (Å²) >= 11 is 0. The Morgan fingerprint density at radius 3 is 2.07 bits per heavy atom. The van der Waals surface area contributed by atoms with Crippen molar-refractivity contribution in [2.75, 3.05) is 20.6 Å². The van der Waals surface area contributed by atoms with Crippen molar-refractivity contribution in [3.63, 3.8) is 0 Å². The van der Waals surface area contributed by atoms with Crippen LogP contribution in [0, 0.1) is 5.41 Å². The lowest BCUT2D eigenvalue weighted by Crippen LogP contribution is -2.45. The highest BCUT2D eigenvalue weighted by molar-refractivity contribution is 4.79. The number of hydrogen-bond donors (Lipinski definition) is 1. The van der Waals surface area contributed by atoms with Crippen LogP contribution in [0.1, 0.15) is 41.0 Å². The quantitative estimate of drug-likeness (QED) is 0.733. The van der Waals surface area contributed by atoms with Gasteiger partial charge in [-0.1, -0.05) is 27.7 Å². The summed E-state index contributed by atoms with van der Waals surface area (Å²) in [6.07, 6.45) is 1.19. The van der Waals surface area contributed by atoms with Crippen molar-refractivity contribution in [1.82, 2.24) is 10.2 Å². The Morgan fingerprint density at radius 2 is 1.79 bits per heavy atom. The molecule has 14 heavy (non-hydrogen) atoms. The number of rotatable bonds is 5. The molecule has 0 aliphatic rings. The maximum Gasteiger partial charge on any atom is 0.0189 e. The predicted octanol–water partition coefficient (Wildman–Crippen LogP) is 2.35. The van der Waals surface area contributed by atoms with E-state index in [0.29, 0.717) is 17.5 Å². The van der Waals surface area contributed by atoms with E-state index in [2.05, 4.69) is 51.9 Å². The zero-order chi connectivity index (χ0) is 11.4. The third-order valence-electron chi connectivity index (χ3n) is 3.32. The SMILES string of the molecule is CCC(CN(C)C(C)C(C)(C)C)NC. The van der Waals surface area contributed by atoms with E-state index in [1.807, 2.05) is 7.05 Å². The standard InChI is InChI=1S/C12H28N2/c1-8-11(13-6)9-14(7)10(2)12(3,4)5/h10-11,13H,8-9H2,1-7H3. The molecule has 2 heteroatoms. The maximum atomic E-state index is 3.35. The van der Waals surface area contributed by atoms with E-state index < -0.39 is 0 Å². The molecule has 0 amide bonds. The van der Waals surface area contributed by atoms with Gasteiger partial charge >= 0.3 is 0 Å². The molecule has 0 heterocycles. The molecule has 86 valence electrons. The van der Waals surface area contributed by atoms with Crippen LogP contribution < -0.4 is 5.32 Å². The zero-order valence-electron chi connectivity index (χ0n) is 11.0. The smallest absolute Gasteiger partial charge is 0.0189 e. The van der Waals surface area contributed by atoms with Gasteiger partial charge in [0.2, 0.25) is 0 Å². The van der Waals surface area contributed by atoms with Gasteiger partial charge in [-0.25, -0.2) is 0 Å². The third kappa shape index (κ3) is 4.43. The Morgan fingerprint density at radius 1 is 1.29 bits per heavy atom. The van der Waals surface area contributed by atoms with Crippen molar-refractivity contribution in [3.8, 4) is 0 Å². The fourth-order valence-electron chi connectivity index (χ4n) is 1.59. The summed E-state index contributed by atoms with van der Waals surface area (Å²) in [4.78, 5) is 2.45. The van der Waals surface area contributed by atoms with Crippen LogP contribution in [0.4, 0.5) is 0 Å². The van der Waals surface area contributed by atoms with Gasteiger partial charge in [-0.15, -0.1) is 0 Å². The van der Waals surface area contributed by atoms with Crippen molar-refractivity contribution in [2.45, 2.75) is 53.1 Å². The van der Waals surface area contributed by atoms with E-state index in [1.54, 1.807) is 0 Å². The average Bonchev–Trinajstić information content (AvgIpc) is 2.11. The Balaban J connectivity index is 4.13. The second-order valence-electron chi connectivity index (χ2n) is 5.38. The molecule has 0 aliphatic heterocycles. The largest absolute Gasteiger partial charge is 0.316 e. The highest BCUT2D eigenvalue weighted by Gasteiger charge is 2.24. The third-order valence-corrected chi connectivity index (χ3v) is 3.32. The molecule has 0 aromatic carbocycles. The molecule has 0 bridgehead atoms. The Labute approximate surface area is 90.1 Å². The van der Waals surface area contributed by atoms with E-state index in [-0.39, 0.29) is 0 Å². The van der Waals surface area contributed by atoms with E-state index in [4.69, 9.17) is 0 Å². The topological polar surface area (TPSA) is 15.3 Å². The molecular formula is C12H28N2. The lowest BCUT2D eigenvalue weighted by molar-refractivity contribution is 0.129. The van der Waals surface area contributed by atoms with Crippen molar-refractivity contribution < 1.29 is 0 Å². The van der Waals surface area contributed by atoms with Crippen LogP contribution in [0.25, 0.3) is 0 Å². The second-order valence-corrected chi connectivity index (χ2v) is 5.38. The van der Waals surface area contributed by atoms with Crippen molar-refractivity contribution >= 4 is 0 Å². The maximum absolute atomic E-state index is 3.35. The summed E-state index contributed by atoms with van der Waals surface area (Å²) in [6.45, 7) is 12.6. The van der Waals surface area contributed by atoms with Crippen molar-refractivity contribution in [2.24, 2.45) is 5.41 Å². The van der Waals surface area contributed by atoms with Crippen LogP contribution in [0.2, 0.25) is 0 Å². The number of likely N-dealkylation sites (N-methyl/N-ethyl adjacent to an activating group) is 2. The minimum atomic E-state index is 0.362. The van der Waals surface area contributed by atoms with Gasteiger partial charge in [0.1, 0.15) is 0 Å². The van der Waals surface area contributed by atoms with Crippen molar-refractivity contribution in [1.29, 1.82) is 0 Å². The Bertz CT molecular complexity index is 145. The minimum absolute atomic E-state index is 0.362. The molecule has 0 aromatic rings. The van der Waals surface area contributed by atoms with Gasteiger partial charge in [-0.3, -0.25) is 0 Å². The fourth-order valence-corrected chi connectivity index (χ4v) is 1.59. The highest BCUT2D eigenvalue weighted by Crippen LogP contribution is 2.23. The van der Waals surface area contributed by atoms with Gasteiger partial charge in [0.05, 0.1) is 0 Å². The van der Waals surface area contributed by atoms with E-state index in [0.717, 1.165) is 6.54 Å². The molecular weight excluding hydrogens is 172 g/mol. The van der Waals surface area contributed by atoms with Gasteiger partial charge in [0.25, 0.3) is 0 Å². The van der Waals surface area contributed by atoms with E-state index >= 15 is 0 Å². The molecule has 2 unspecified atom stereocenters. The van der Waals surface area contributed by atoms with Crippen LogP contribution in [0.3, 0.4) is 0 Å². The summed E-state index contributed by atoms with van der Waals surface area (Å²) in [6, 6.07) is 1.23. The van der Waals surface area contributed by atoms with E-state index in [9.17, 15) is 0 Å². The molecule has 0 spiro atoms. The first kappa shape index (κ1) is 13.9. The molecule has 1 N–H and O–H groups in total. The monoisotopic (exact) mass is 200 g/mol. The van der Waals surface area contributed by atoms with Gasteiger partial charge in [-0.05, 0) is 32.9 Å². The number of nitrogens with one attached hydrogen (secondary N) is 1. The first-order valence-corrected chi connectivity index (χ1v) is 5.70. The van der Waals surface area contributed by atoms with Crippen LogP contribution in [0.15, 0.2) is 0 Å². The second kappa shape index (κ2) is 5.72. The summed E-state index contributed by atoms with van der Waals surface area (Å²) in [5.74, 6) is 0. The molecule has 2 nitrogen and oxygen atoms in total. The number of hydrogen-bond acceptors (Lipinski definition) is 2. The average molecular weight is 200 g/mol. The van der Waals surface area contributed by atoms with Crippen LogP contribution in [-0.4, -0.2) is 37.6 Å². The minimum Gasteiger partial charge on any atom is -0.316 e. The molecule has 0 fully saturated rings. The van der Waals surface area contributed by atoms with Crippen LogP contribution in [-0.2, 0) is 0 Å². The lowest BCUT2D eigenvalue weighted by Gasteiger charge is -2.37. The molecule has 0 saturated heterocycles. The summed E-state index contributed by atoms with van der Waals surface area (Å²) in [5, 5.41) is 3.35. The predicted molar refractivity (Wildman–Crippen MR) is 64.7 cm³/mol. The molecule has 0 aromatic heterocycles. The Kier molecular flexibility index (Phi) is 5.68. The fraction of sp³-hybridized carbons (Fsp3) is 1.00. The Hall–Kier alpha value is -0.0800. The van der Waals surface area contributed by atoms with E-state index in [1.165, 1.54) is 6.42 Å². The van der Waals surface area contributed by atoms with Gasteiger partial charge in [0, 0.05) is 18.6 Å².